The van der Waals surface area contributed by atoms with Crippen molar-refractivity contribution < 1.29 is 19.0 Å². The average molecular weight is 266 g/mol. The summed E-state index contributed by atoms with van der Waals surface area (Å²) in [7, 11) is 3.06. The van der Waals surface area contributed by atoms with Crippen molar-refractivity contribution in [3.05, 3.63) is 23.3 Å². The summed E-state index contributed by atoms with van der Waals surface area (Å²) in [4.78, 5) is 12.0. The minimum absolute atomic E-state index is 0.0618. The van der Waals surface area contributed by atoms with Crippen LogP contribution in [-0.2, 0) is 10.2 Å². The average Bonchev–Trinajstić information content (AvgIpc) is 2.36. The van der Waals surface area contributed by atoms with E-state index in [1.165, 1.54) is 14.2 Å². The van der Waals surface area contributed by atoms with Crippen molar-refractivity contribution in [3.8, 4) is 11.5 Å². The van der Waals surface area contributed by atoms with Gasteiger partial charge in [-0.2, -0.15) is 0 Å². The molecule has 0 fully saturated rings. The zero-order valence-electron chi connectivity index (χ0n) is 12.5. The third-order valence-corrected chi connectivity index (χ3v) is 2.85. The van der Waals surface area contributed by atoms with Gasteiger partial charge in [0.15, 0.2) is 0 Å². The highest BCUT2D eigenvalue weighted by Crippen LogP contribution is 2.35. The Kier molecular flexibility index (Phi) is 4.81. The normalized spacial score (nSPS) is 11.1. The van der Waals surface area contributed by atoms with Gasteiger partial charge in [-0.1, -0.05) is 20.8 Å². The number of ether oxygens (including phenoxy) is 3. The van der Waals surface area contributed by atoms with Crippen molar-refractivity contribution in [1.29, 1.82) is 0 Å². The molecule has 0 aliphatic carbocycles. The predicted molar refractivity (Wildman–Crippen MR) is 74.2 cm³/mol. The molecule has 0 spiro atoms. The van der Waals surface area contributed by atoms with Crippen molar-refractivity contribution in [1.82, 2.24) is 0 Å². The first-order valence-electron chi connectivity index (χ1n) is 6.28. The molecule has 1 aromatic carbocycles. The van der Waals surface area contributed by atoms with E-state index >= 15 is 0 Å². The van der Waals surface area contributed by atoms with E-state index in [-0.39, 0.29) is 5.41 Å². The van der Waals surface area contributed by atoms with Crippen LogP contribution in [0.3, 0.4) is 0 Å². The van der Waals surface area contributed by atoms with E-state index in [1.54, 1.807) is 6.92 Å². The highest BCUT2D eigenvalue weighted by Gasteiger charge is 2.24. The number of hydrogen-bond donors (Lipinski definition) is 0. The first kappa shape index (κ1) is 15.3. The summed E-state index contributed by atoms with van der Waals surface area (Å²) in [6.07, 6.45) is 0. The molecule has 1 aromatic rings. The van der Waals surface area contributed by atoms with Gasteiger partial charge in [0.1, 0.15) is 17.1 Å². The Bertz CT molecular complexity index is 433. The van der Waals surface area contributed by atoms with Gasteiger partial charge in [-0.15, -0.1) is 0 Å². The molecule has 0 bridgehead atoms. The van der Waals surface area contributed by atoms with Crippen LogP contribution in [0.2, 0.25) is 0 Å². The molecule has 0 aliphatic rings. The zero-order chi connectivity index (χ0) is 14.6. The van der Waals surface area contributed by atoms with E-state index in [4.69, 9.17) is 14.2 Å². The topological polar surface area (TPSA) is 44.8 Å². The molecule has 0 aromatic heterocycles. The number of carbonyl (C=O) groups is 1. The summed E-state index contributed by atoms with van der Waals surface area (Å²) in [6, 6.07) is 3.71. The Morgan fingerprint density at radius 1 is 1.11 bits per heavy atom. The molecule has 0 saturated heterocycles. The Labute approximate surface area is 114 Å². The molecule has 4 heteroatoms. The van der Waals surface area contributed by atoms with Crippen LogP contribution in [0, 0.1) is 0 Å². The van der Waals surface area contributed by atoms with Gasteiger partial charge in [-0.25, -0.2) is 4.79 Å². The molecule has 0 radical (unpaired) electrons. The van der Waals surface area contributed by atoms with E-state index in [0.29, 0.717) is 23.7 Å². The molecule has 4 nitrogen and oxygen atoms in total. The van der Waals surface area contributed by atoms with E-state index in [1.807, 2.05) is 12.1 Å². The Balaban J connectivity index is 3.42. The van der Waals surface area contributed by atoms with Gasteiger partial charge in [0.05, 0.1) is 20.8 Å². The number of methoxy groups -OCH3 is 2. The maximum absolute atomic E-state index is 12.0. The van der Waals surface area contributed by atoms with Crippen LogP contribution in [0.5, 0.6) is 11.5 Å². The third kappa shape index (κ3) is 3.40. The SMILES string of the molecule is CCOC(=O)c1c(OC)cc(C(C)(C)C)cc1OC. The van der Waals surface area contributed by atoms with E-state index < -0.39 is 5.97 Å². The molecule has 0 N–H and O–H groups in total. The van der Waals surface area contributed by atoms with Crippen LogP contribution < -0.4 is 9.47 Å². The van der Waals surface area contributed by atoms with E-state index in [0.717, 1.165) is 5.56 Å². The molecule has 0 heterocycles. The summed E-state index contributed by atoms with van der Waals surface area (Å²) in [5.74, 6) is 0.516. The molecule has 0 amide bonds. The highest BCUT2D eigenvalue weighted by atomic mass is 16.5. The lowest BCUT2D eigenvalue weighted by atomic mass is 9.86. The number of carbonyl (C=O) groups excluding carboxylic acids is 1. The van der Waals surface area contributed by atoms with Crippen LogP contribution >= 0.6 is 0 Å². The van der Waals surface area contributed by atoms with Crippen molar-refractivity contribution in [2.45, 2.75) is 33.1 Å². The lowest BCUT2D eigenvalue weighted by Gasteiger charge is -2.22. The van der Waals surface area contributed by atoms with Crippen LogP contribution in [0.25, 0.3) is 0 Å². The Morgan fingerprint density at radius 2 is 1.58 bits per heavy atom. The summed E-state index contributed by atoms with van der Waals surface area (Å²) in [5, 5.41) is 0. The van der Waals surface area contributed by atoms with Gasteiger partial charge in [0, 0.05) is 0 Å². The minimum atomic E-state index is -0.434. The van der Waals surface area contributed by atoms with Crippen molar-refractivity contribution in [2.24, 2.45) is 0 Å². The summed E-state index contributed by atoms with van der Waals surface area (Å²) in [6.45, 7) is 8.34. The molecule has 0 unspecified atom stereocenters. The first-order valence-corrected chi connectivity index (χ1v) is 6.28. The number of rotatable bonds is 4. The molecule has 0 aliphatic heterocycles. The van der Waals surface area contributed by atoms with Crippen LogP contribution in [-0.4, -0.2) is 26.8 Å². The molecule has 19 heavy (non-hydrogen) atoms. The van der Waals surface area contributed by atoms with Crippen molar-refractivity contribution in [2.75, 3.05) is 20.8 Å². The predicted octanol–water partition coefficient (Wildman–Crippen LogP) is 3.18. The van der Waals surface area contributed by atoms with Gasteiger partial charge in [0.25, 0.3) is 0 Å². The van der Waals surface area contributed by atoms with Gasteiger partial charge in [-0.3, -0.25) is 0 Å². The third-order valence-electron chi connectivity index (χ3n) is 2.85. The molecular formula is C15H22O4. The highest BCUT2D eigenvalue weighted by molar-refractivity contribution is 5.96. The standard InChI is InChI=1S/C15H22O4/c1-7-19-14(16)13-11(17-5)8-10(15(2,3)4)9-12(13)18-6/h8-9H,7H2,1-6H3. The molecular weight excluding hydrogens is 244 g/mol. The second-order valence-electron chi connectivity index (χ2n) is 5.23. The fraction of sp³-hybridized carbons (Fsp3) is 0.533. The fourth-order valence-corrected chi connectivity index (χ4v) is 1.75. The molecule has 0 atom stereocenters. The first-order chi connectivity index (χ1) is 8.85. The molecule has 1 rings (SSSR count). The van der Waals surface area contributed by atoms with E-state index in [9.17, 15) is 4.79 Å². The van der Waals surface area contributed by atoms with Crippen LogP contribution in [0.4, 0.5) is 0 Å². The number of esters is 1. The largest absolute Gasteiger partial charge is 0.496 e. The maximum Gasteiger partial charge on any atom is 0.345 e. The Hall–Kier alpha value is -1.71. The number of hydrogen-bond acceptors (Lipinski definition) is 4. The maximum atomic E-state index is 12.0. The second-order valence-corrected chi connectivity index (χ2v) is 5.23. The fourth-order valence-electron chi connectivity index (χ4n) is 1.75. The van der Waals surface area contributed by atoms with Gasteiger partial charge >= 0.3 is 5.97 Å². The minimum Gasteiger partial charge on any atom is -0.496 e. The summed E-state index contributed by atoms with van der Waals surface area (Å²) >= 11 is 0. The summed E-state index contributed by atoms with van der Waals surface area (Å²) in [5.41, 5.74) is 1.31. The van der Waals surface area contributed by atoms with Crippen molar-refractivity contribution in [3.63, 3.8) is 0 Å². The van der Waals surface area contributed by atoms with Crippen molar-refractivity contribution >= 4 is 5.97 Å². The quantitative estimate of drug-likeness (QED) is 0.785. The lowest BCUT2D eigenvalue weighted by molar-refractivity contribution is 0.0519. The van der Waals surface area contributed by atoms with Gasteiger partial charge in [0.2, 0.25) is 0 Å². The zero-order valence-corrected chi connectivity index (χ0v) is 12.5. The van der Waals surface area contributed by atoms with E-state index in [2.05, 4.69) is 20.8 Å². The molecule has 106 valence electrons. The lowest BCUT2D eigenvalue weighted by Crippen LogP contribution is -2.14. The smallest absolute Gasteiger partial charge is 0.345 e. The van der Waals surface area contributed by atoms with Gasteiger partial charge in [-0.05, 0) is 30.0 Å². The van der Waals surface area contributed by atoms with Crippen LogP contribution in [0.15, 0.2) is 12.1 Å². The molecule has 0 saturated carbocycles. The summed E-state index contributed by atoms with van der Waals surface area (Å²) < 4.78 is 15.7. The van der Waals surface area contributed by atoms with Crippen LogP contribution in [0.1, 0.15) is 43.6 Å². The second kappa shape index (κ2) is 5.95. The Morgan fingerprint density at radius 3 is 1.89 bits per heavy atom. The monoisotopic (exact) mass is 266 g/mol. The van der Waals surface area contributed by atoms with Gasteiger partial charge < -0.3 is 14.2 Å². The number of benzene rings is 1.